The predicted octanol–water partition coefficient (Wildman–Crippen LogP) is 2.84. The van der Waals surface area contributed by atoms with Crippen LogP contribution in [-0.4, -0.2) is 41.7 Å². The number of hydrogen-bond acceptors (Lipinski definition) is 4. The largest absolute Gasteiger partial charge is 0.346 e. The number of imidazole rings is 1. The lowest BCUT2D eigenvalue weighted by Crippen LogP contribution is -2.43. The molecule has 1 aliphatic rings. The van der Waals surface area contributed by atoms with Crippen molar-refractivity contribution in [2.75, 3.05) is 13.1 Å². The number of rotatable bonds is 5. The van der Waals surface area contributed by atoms with Gasteiger partial charge in [0.25, 0.3) is 0 Å². The molecule has 2 aromatic carbocycles. The number of para-hydroxylation sites is 2. The van der Waals surface area contributed by atoms with E-state index in [0.29, 0.717) is 36.7 Å². The van der Waals surface area contributed by atoms with Crippen molar-refractivity contribution in [2.45, 2.75) is 30.7 Å². The molecule has 7 nitrogen and oxygen atoms in total. The van der Waals surface area contributed by atoms with Gasteiger partial charge < -0.3 is 10.3 Å². The summed E-state index contributed by atoms with van der Waals surface area (Å²) < 4.78 is 26.9. The van der Waals surface area contributed by atoms with Crippen LogP contribution in [0, 0.1) is 5.92 Å². The first kappa shape index (κ1) is 19.6. The molecule has 3 aromatic rings. The molecule has 1 aromatic heterocycles. The van der Waals surface area contributed by atoms with Gasteiger partial charge >= 0.3 is 0 Å². The number of benzene rings is 2. The van der Waals surface area contributed by atoms with Crippen LogP contribution in [-0.2, 0) is 14.8 Å². The van der Waals surface area contributed by atoms with Gasteiger partial charge in [-0.15, -0.1) is 0 Å². The van der Waals surface area contributed by atoms with Gasteiger partial charge in [0, 0.05) is 19.0 Å². The lowest BCUT2D eigenvalue weighted by molar-refractivity contribution is -0.126. The maximum atomic E-state index is 12.7. The second-order valence-corrected chi connectivity index (χ2v) is 9.30. The van der Waals surface area contributed by atoms with Crippen molar-refractivity contribution in [1.29, 1.82) is 0 Å². The number of amides is 1. The van der Waals surface area contributed by atoms with Crippen LogP contribution in [0.3, 0.4) is 0 Å². The summed E-state index contributed by atoms with van der Waals surface area (Å²) in [6, 6.07) is 15.9. The van der Waals surface area contributed by atoms with Crippen LogP contribution in [0.5, 0.6) is 0 Å². The number of nitrogens with one attached hydrogen (secondary N) is 2. The molecule has 0 radical (unpaired) electrons. The van der Waals surface area contributed by atoms with Gasteiger partial charge in [-0.1, -0.05) is 30.3 Å². The summed E-state index contributed by atoms with van der Waals surface area (Å²) in [5.41, 5.74) is 1.80. The topological polar surface area (TPSA) is 95.2 Å². The number of sulfonamides is 1. The first-order valence-electron chi connectivity index (χ1n) is 9.75. The van der Waals surface area contributed by atoms with E-state index in [1.165, 1.54) is 4.31 Å². The van der Waals surface area contributed by atoms with Crippen molar-refractivity contribution in [3.8, 4) is 0 Å². The predicted molar refractivity (Wildman–Crippen MR) is 111 cm³/mol. The monoisotopic (exact) mass is 412 g/mol. The zero-order valence-electron chi connectivity index (χ0n) is 16.2. The summed E-state index contributed by atoms with van der Waals surface area (Å²) in [4.78, 5) is 20.8. The molecule has 0 bridgehead atoms. The summed E-state index contributed by atoms with van der Waals surface area (Å²) >= 11 is 0. The van der Waals surface area contributed by atoms with Gasteiger partial charge in [-0.05, 0) is 44.0 Å². The third-order valence-electron chi connectivity index (χ3n) is 5.38. The number of hydrogen-bond donors (Lipinski definition) is 2. The zero-order valence-corrected chi connectivity index (χ0v) is 17.0. The molecule has 1 saturated heterocycles. The molecule has 1 amide bonds. The van der Waals surface area contributed by atoms with E-state index in [0.717, 1.165) is 11.0 Å². The highest BCUT2D eigenvalue weighted by Gasteiger charge is 2.32. The van der Waals surface area contributed by atoms with Crippen molar-refractivity contribution >= 4 is 27.0 Å². The number of carbonyl (C=O) groups excluding carboxylic acids is 1. The van der Waals surface area contributed by atoms with Gasteiger partial charge in [-0.3, -0.25) is 4.79 Å². The third-order valence-corrected chi connectivity index (χ3v) is 7.30. The molecule has 0 aliphatic carbocycles. The summed E-state index contributed by atoms with van der Waals surface area (Å²) in [7, 11) is -3.51. The summed E-state index contributed by atoms with van der Waals surface area (Å²) in [6.45, 7) is 2.58. The Morgan fingerprint density at radius 2 is 1.76 bits per heavy atom. The minimum absolute atomic E-state index is 0.0604. The quantitative estimate of drug-likeness (QED) is 0.674. The minimum atomic E-state index is -3.51. The van der Waals surface area contributed by atoms with Crippen molar-refractivity contribution in [3.63, 3.8) is 0 Å². The second-order valence-electron chi connectivity index (χ2n) is 7.36. The van der Waals surface area contributed by atoms with E-state index in [1.807, 2.05) is 31.2 Å². The van der Waals surface area contributed by atoms with Crippen molar-refractivity contribution in [2.24, 2.45) is 5.92 Å². The van der Waals surface area contributed by atoms with E-state index in [4.69, 9.17) is 0 Å². The fourth-order valence-corrected chi connectivity index (χ4v) is 5.17. The molecule has 0 spiro atoms. The number of aromatic amines is 1. The van der Waals surface area contributed by atoms with Crippen LogP contribution in [0.15, 0.2) is 59.5 Å². The highest BCUT2D eigenvalue weighted by Crippen LogP contribution is 2.25. The van der Waals surface area contributed by atoms with Crippen molar-refractivity contribution < 1.29 is 13.2 Å². The van der Waals surface area contributed by atoms with Crippen LogP contribution in [0.4, 0.5) is 0 Å². The Balaban J connectivity index is 1.36. The molecular formula is C21H24N4O3S. The maximum Gasteiger partial charge on any atom is 0.243 e. The Kier molecular flexibility index (Phi) is 5.38. The van der Waals surface area contributed by atoms with Crippen molar-refractivity contribution in [1.82, 2.24) is 19.6 Å². The molecule has 152 valence electrons. The van der Waals surface area contributed by atoms with E-state index in [9.17, 15) is 13.2 Å². The van der Waals surface area contributed by atoms with Gasteiger partial charge in [0.1, 0.15) is 5.82 Å². The van der Waals surface area contributed by atoms with E-state index < -0.39 is 10.0 Å². The van der Waals surface area contributed by atoms with E-state index in [2.05, 4.69) is 15.3 Å². The van der Waals surface area contributed by atoms with Crippen LogP contribution in [0.25, 0.3) is 11.0 Å². The Labute approximate surface area is 170 Å². The molecule has 1 atom stereocenters. The fraction of sp³-hybridized carbons (Fsp3) is 0.333. The number of aromatic nitrogens is 2. The number of piperidine rings is 1. The molecule has 1 unspecified atom stereocenters. The molecule has 8 heteroatoms. The van der Waals surface area contributed by atoms with E-state index >= 15 is 0 Å². The standard InChI is InChI=1S/C21H24N4O3S/c1-15(20-23-18-9-5-6-10-19(18)24-20)22-21(26)16-11-13-25(14-12-16)29(27,28)17-7-3-2-4-8-17/h2-10,15-16H,11-14H2,1H3,(H,22,26)(H,23,24). The Bertz CT molecular complexity index is 1070. The molecule has 29 heavy (non-hydrogen) atoms. The van der Waals surface area contributed by atoms with Gasteiger partial charge in [-0.2, -0.15) is 4.31 Å². The summed E-state index contributed by atoms with van der Waals surface area (Å²) in [6.07, 6.45) is 1.01. The normalized spacial score (nSPS) is 17.3. The molecule has 0 saturated carbocycles. The molecule has 2 N–H and O–H groups in total. The Hall–Kier alpha value is -2.71. The zero-order chi connectivity index (χ0) is 20.4. The average Bonchev–Trinajstić information content (AvgIpc) is 3.19. The highest BCUT2D eigenvalue weighted by molar-refractivity contribution is 7.89. The molecular weight excluding hydrogens is 388 g/mol. The summed E-state index contributed by atoms with van der Waals surface area (Å²) in [5, 5.41) is 3.01. The van der Waals surface area contributed by atoms with Gasteiger partial charge in [0.05, 0.1) is 22.0 Å². The lowest BCUT2D eigenvalue weighted by atomic mass is 9.97. The van der Waals surface area contributed by atoms with Gasteiger partial charge in [-0.25, -0.2) is 13.4 Å². The van der Waals surface area contributed by atoms with E-state index in [-0.39, 0.29) is 17.9 Å². The number of fused-ring (bicyclic) bond motifs is 1. The van der Waals surface area contributed by atoms with Gasteiger partial charge in [0.15, 0.2) is 0 Å². The maximum absolute atomic E-state index is 12.7. The minimum Gasteiger partial charge on any atom is -0.346 e. The highest BCUT2D eigenvalue weighted by atomic mass is 32.2. The third kappa shape index (κ3) is 4.04. The number of H-pyrrole nitrogens is 1. The molecule has 2 heterocycles. The van der Waals surface area contributed by atoms with Gasteiger partial charge in [0.2, 0.25) is 15.9 Å². The lowest BCUT2D eigenvalue weighted by Gasteiger charge is -2.31. The van der Waals surface area contributed by atoms with Crippen LogP contribution < -0.4 is 5.32 Å². The Morgan fingerprint density at radius 3 is 2.45 bits per heavy atom. The molecule has 1 aliphatic heterocycles. The van der Waals surface area contributed by atoms with Crippen LogP contribution in [0.1, 0.15) is 31.6 Å². The first-order chi connectivity index (χ1) is 13.9. The number of carbonyl (C=O) groups is 1. The summed E-state index contributed by atoms with van der Waals surface area (Å²) in [5.74, 6) is 0.447. The second kappa shape index (κ2) is 7.96. The van der Waals surface area contributed by atoms with Crippen LogP contribution in [0.2, 0.25) is 0 Å². The SMILES string of the molecule is CC(NC(=O)C1CCN(S(=O)(=O)c2ccccc2)CC1)c1nc2ccccc2[nH]1. The fourth-order valence-electron chi connectivity index (χ4n) is 3.68. The average molecular weight is 413 g/mol. The van der Waals surface area contributed by atoms with Crippen molar-refractivity contribution in [3.05, 3.63) is 60.4 Å². The first-order valence-corrected chi connectivity index (χ1v) is 11.2. The molecule has 1 fully saturated rings. The smallest absolute Gasteiger partial charge is 0.243 e. The Morgan fingerprint density at radius 1 is 1.10 bits per heavy atom. The number of nitrogens with zero attached hydrogens (tertiary/aromatic N) is 2. The van der Waals surface area contributed by atoms with E-state index in [1.54, 1.807) is 30.3 Å². The molecule has 4 rings (SSSR count). The van der Waals surface area contributed by atoms with Crippen LogP contribution >= 0.6 is 0 Å².